The van der Waals surface area contributed by atoms with Crippen LogP contribution in [0.3, 0.4) is 0 Å². The summed E-state index contributed by atoms with van der Waals surface area (Å²) in [6.07, 6.45) is 0. The molecule has 0 saturated carbocycles. The first kappa shape index (κ1) is 12.0. The molecule has 0 aromatic heterocycles. The van der Waals surface area contributed by atoms with E-state index >= 15 is 0 Å². The van der Waals surface area contributed by atoms with E-state index in [9.17, 15) is 0 Å². The molecule has 3 heteroatoms. The molecular weight excluding hydrogens is 184 g/mol. The van der Waals surface area contributed by atoms with Crippen LogP contribution in [0.5, 0.6) is 0 Å². The molecule has 13 heavy (non-hydrogen) atoms. The van der Waals surface area contributed by atoms with Gasteiger partial charge in [0.15, 0.2) is 0 Å². The van der Waals surface area contributed by atoms with Gasteiger partial charge in [0, 0.05) is 0 Å². The molecule has 0 fully saturated rings. The van der Waals surface area contributed by atoms with Crippen LogP contribution >= 0.6 is 0 Å². The molecule has 0 unspecified atom stereocenters. The van der Waals surface area contributed by atoms with E-state index in [2.05, 4.69) is 45.0 Å². The van der Waals surface area contributed by atoms with Crippen molar-refractivity contribution >= 4 is 11.6 Å². The van der Waals surface area contributed by atoms with Crippen LogP contribution in [0.2, 0.25) is 0 Å². The molecule has 1 aromatic carbocycles. The van der Waals surface area contributed by atoms with Gasteiger partial charge in [-0.05, 0) is 18.4 Å². The summed E-state index contributed by atoms with van der Waals surface area (Å²) >= 11 is -0.750. The third-order valence-corrected chi connectivity index (χ3v) is 1.74. The highest BCUT2D eigenvalue weighted by Gasteiger charge is 1.95. The van der Waals surface area contributed by atoms with Crippen LogP contribution in [0.1, 0.15) is 30.9 Å². The summed E-state index contributed by atoms with van der Waals surface area (Å²) in [5.74, 6) is 0.653. The average Bonchev–Trinajstić information content (AvgIpc) is 2.06. The number of aryl methyl sites for hydroxylation is 1. The Kier molecular flexibility index (Phi) is 6.06. The van der Waals surface area contributed by atoms with E-state index in [-0.39, 0.29) is 0 Å². The zero-order valence-corrected chi connectivity index (χ0v) is 8.93. The van der Waals surface area contributed by atoms with Crippen LogP contribution in [0.15, 0.2) is 24.3 Å². The van der Waals surface area contributed by atoms with Gasteiger partial charge >= 0.3 is 11.6 Å². The molecule has 1 aromatic rings. The fraction of sp³-hybridized carbons (Fsp3) is 0.400. The van der Waals surface area contributed by atoms with E-state index in [4.69, 9.17) is 8.42 Å². The van der Waals surface area contributed by atoms with Crippen molar-refractivity contribution in [3.8, 4) is 0 Å². The molecule has 0 heterocycles. The summed E-state index contributed by atoms with van der Waals surface area (Å²) in [6.45, 7) is 6.54. The van der Waals surface area contributed by atoms with E-state index in [0.29, 0.717) is 5.92 Å². The molecule has 0 saturated heterocycles. The first-order valence-corrected chi connectivity index (χ1v) is 4.76. The molecule has 0 spiro atoms. The number of hydrogen-bond donors (Lipinski definition) is 0. The lowest BCUT2D eigenvalue weighted by Gasteiger charge is -2.03. The quantitative estimate of drug-likeness (QED) is 0.694. The van der Waals surface area contributed by atoms with E-state index in [0.717, 1.165) is 0 Å². The molecule has 0 aliphatic heterocycles. The van der Waals surface area contributed by atoms with Gasteiger partial charge in [-0.15, -0.1) is 0 Å². The Morgan fingerprint density at radius 2 is 1.46 bits per heavy atom. The molecule has 0 atom stereocenters. The fourth-order valence-corrected chi connectivity index (χ4v) is 0.951. The summed E-state index contributed by atoms with van der Waals surface area (Å²) in [5.41, 5.74) is 2.76. The highest BCUT2D eigenvalue weighted by molar-refractivity contribution is 7.51. The monoisotopic (exact) mass is 198 g/mol. The summed E-state index contributed by atoms with van der Waals surface area (Å²) in [7, 11) is 0. The lowest BCUT2D eigenvalue weighted by atomic mass is 10.0. The maximum Gasteiger partial charge on any atom is 0.335 e. The third-order valence-electron chi connectivity index (χ3n) is 1.74. The standard InChI is InChI=1S/C10H14.O2S/c1-8(2)10-6-4-9(3)5-7-10;1-3-2/h4-8H,1-3H3;. The summed E-state index contributed by atoms with van der Waals surface area (Å²) < 4.78 is 16.6. The molecule has 0 bridgehead atoms. The van der Waals surface area contributed by atoms with Gasteiger partial charge in [-0.25, -0.2) is 0 Å². The fourth-order valence-electron chi connectivity index (χ4n) is 0.951. The smallest absolute Gasteiger partial charge is 0.168 e. The first-order chi connectivity index (χ1) is 6.11. The molecule has 0 aliphatic carbocycles. The minimum Gasteiger partial charge on any atom is -0.168 e. The molecule has 0 aliphatic rings. The van der Waals surface area contributed by atoms with Crippen molar-refractivity contribution < 1.29 is 8.42 Å². The van der Waals surface area contributed by atoms with Crippen LogP contribution in [-0.2, 0) is 11.6 Å². The van der Waals surface area contributed by atoms with E-state index in [1.54, 1.807) is 0 Å². The van der Waals surface area contributed by atoms with Gasteiger partial charge in [-0.3, -0.25) is 0 Å². The van der Waals surface area contributed by atoms with Crippen LogP contribution in [0, 0.1) is 6.92 Å². The van der Waals surface area contributed by atoms with Crippen LogP contribution < -0.4 is 0 Å². The lowest BCUT2D eigenvalue weighted by Crippen LogP contribution is -1.85. The molecular formula is C10H14O2S. The van der Waals surface area contributed by atoms with Crippen LogP contribution in [0.4, 0.5) is 0 Å². The second-order valence-electron chi connectivity index (χ2n) is 3.13. The normalized spacial score (nSPS) is 8.92. The number of benzene rings is 1. The molecule has 2 nitrogen and oxygen atoms in total. The maximum absolute atomic E-state index is 8.29. The molecule has 1 rings (SSSR count). The SMILES string of the molecule is Cc1ccc(C(C)C)cc1.O=S=O. The Hall–Kier alpha value is -0.960. The summed E-state index contributed by atoms with van der Waals surface area (Å²) in [6, 6.07) is 8.71. The topological polar surface area (TPSA) is 34.1 Å². The largest absolute Gasteiger partial charge is 0.335 e. The van der Waals surface area contributed by atoms with Crippen LogP contribution in [0.25, 0.3) is 0 Å². The summed E-state index contributed by atoms with van der Waals surface area (Å²) in [4.78, 5) is 0. The van der Waals surface area contributed by atoms with E-state index in [1.165, 1.54) is 11.1 Å². The number of rotatable bonds is 1. The molecule has 0 amide bonds. The van der Waals surface area contributed by atoms with Crippen molar-refractivity contribution in [3.05, 3.63) is 35.4 Å². The van der Waals surface area contributed by atoms with Crippen molar-refractivity contribution in [1.82, 2.24) is 0 Å². The predicted molar refractivity (Wildman–Crippen MR) is 54.2 cm³/mol. The minimum absolute atomic E-state index is 0.653. The second kappa shape index (κ2) is 6.54. The van der Waals surface area contributed by atoms with Crippen molar-refractivity contribution in [3.63, 3.8) is 0 Å². The number of hydrogen-bond acceptors (Lipinski definition) is 2. The van der Waals surface area contributed by atoms with E-state index in [1.807, 2.05) is 0 Å². The van der Waals surface area contributed by atoms with Gasteiger partial charge in [0.2, 0.25) is 0 Å². The van der Waals surface area contributed by atoms with Gasteiger partial charge in [-0.1, -0.05) is 43.7 Å². The minimum atomic E-state index is -0.750. The van der Waals surface area contributed by atoms with Crippen LogP contribution in [-0.4, -0.2) is 8.42 Å². The average molecular weight is 198 g/mol. The van der Waals surface area contributed by atoms with Crippen molar-refractivity contribution in [2.75, 3.05) is 0 Å². The van der Waals surface area contributed by atoms with E-state index < -0.39 is 11.6 Å². The third kappa shape index (κ3) is 5.31. The highest BCUT2D eigenvalue weighted by atomic mass is 32.1. The molecule has 72 valence electrons. The van der Waals surface area contributed by atoms with Crippen molar-refractivity contribution in [2.45, 2.75) is 26.7 Å². The van der Waals surface area contributed by atoms with Crippen molar-refractivity contribution in [2.24, 2.45) is 0 Å². The zero-order chi connectivity index (χ0) is 10.3. The Morgan fingerprint density at radius 1 is 1.08 bits per heavy atom. The Morgan fingerprint density at radius 3 is 1.77 bits per heavy atom. The maximum atomic E-state index is 8.29. The Labute approximate surface area is 82.6 Å². The Balaban J connectivity index is 0.000000424. The Bertz CT molecular complexity index is 271. The summed E-state index contributed by atoms with van der Waals surface area (Å²) in [5, 5.41) is 0. The molecule has 0 radical (unpaired) electrons. The van der Waals surface area contributed by atoms with Gasteiger partial charge in [-0.2, -0.15) is 8.42 Å². The first-order valence-electron chi connectivity index (χ1n) is 4.10. The van der Waals surface area contributed by atoms with Gasteiger partial charge < -0.3 is 0 Å². The van der Waals surface area contributed by atoms with Gasteiger partial charge in [0.25, 0.3) is 0 Å². The van der Waals surface area contributed by atoms with Gasteiger partial charge in [0.1, 0.15) is 0 Å². The predicted octanol–water partition coefficient (Wildman–Crippen LogP) is 2.45. The van der Waals surface area contributed by atoms with Gasteiger partial charge in [0.05, 0.1) is 0 Å². The second-order valence-corrected chi connectivity index (χ2v) is 3.27. The lowest BCUT2D eigenvalue weighted by molar-refractivity contribution is 0.630. The zero-order valence-electron chi connectivity index (χ0n) is 8.11. The van der Waals surface area contributed by atoms with Crippen molar-refractivity contribution in [1.29, 1.82) is 0 Å². The molecule has 0 N–H and O–H groups in total. The highest BCUT2D eigenvalue weighted by Crippen LogP contribution is 2.13.